The Balaban J connectivity index is 1.68. The lowest BCUT2D eigenvalue weighted by atomic mass is 9.85. The summed E-state index contributed by atoms with van der Waals surface area (Å²) >= 11 is 5.92. The average Bonchev–Trinajstić information content (AvgIpc) is 2.86. The van der Waals surface area contributed by atoms with E-state index in [4.69, 9.17) is 11.6 Å². The number of benzene rings is 1. The molecule has 3 rings (SSSR count). The van der Waals surface area contributed by atoms with Crippen molar-refractivity contribution in [3.8, 4) is 0 Å². The van der Waals surface area contributed by atoms with E-state index in [0.717, 1.165) is 25.7 Å². The maximum absolute atomic E-state index is 12.3. The van der Waals surface area contributed by atoms with Crippen molar-refractivity contribution in [1.29, 1.82) is 0 Å². The second-order valence-corrected chi connectivity index (χ2v) is 6.87. The molecule has 1 aromatic rings. The summed E-state index contributed by atoms with van der Waals surface area (Å²) < 4.78 is 0. The molecule has 1 aliphatic heterocycles. The summed E-state index contributed by atoms with van der Waals surface area (Å²) in [6.45, 7) is 0.116. The van der Waals surface area contributed by atoms with E-state index < -0.39 is 12.0 Å². The number of carbonyl (C=O) groups is 2. The Kier molecular flexibility index (Phi) is 4.87. The van der Waals surface area contributed by atoms with E-state index in [1.54, 1.807) is 24.3 Å². The average molecular weight is 337 g/mol. The molecule has 5 nitrogen and oxygen atoms in total. The molecule has 6 heteroatoms. The maximum Gasteiger partial charge on any atom is 0.320 e. The van der Waals surface area contributed by atoms with Crippen LogP contribution in [0.3, 0.4) is 0 Å². The van der Waals surface area contributed by atoms with Crippen molar-refractivity contribution in [2.45, 2.75) is 44.2 Å². The van der Waals surface area contributed by atoms with E-state index in [-0.39, 0.29) is 18.5 Å². The predicted molar refractivity (Wildman–Crippen MR) is 88.6 cm³/mol. The first-order valence-corrected chi connectivity index (χ1v) is 8.46. The van der Waals surface area contributed by atoms with Gasteiger partial charge in [0.25, 0.3) is 0 Å². The minimum absolute atomic E-state index is 0.116. The van der Waals surface area contributed by atoms with Gasteiger partial charge < -0.3 is 10.4 Å². The molecule has 0 aromatic heterocycles. The molecule has 0 radical (unpaired) electrons. The van der Waals surface area contributed by atoms with Crippen molar-refractivity contribution in [2.75, 3.05) is 11.9 Å². The van der Waals surface area contributed by atoms with Crippen LogP contribution in [-0.2, 0) is 9.59 Å². The number of carboxylic acid groups (broad SMARTS) is 1. The van der Waals surface area contributed by atoms with Gasteiger partial charge in [0.1, 0.15) is 6.04 Å². The van der Waals surface area contributed by atoms with Gasteiger partial charge in [0, 0.05) is 16.8 Å². The molecule has 2 aliphatic rings. The van der Waals surface area contributed by atoms with Crippen molar-refractivity contribution in [3.05, 3.63) is 29.3 Å². The highest BCUT2D eigenvalue weighted by Gasteiger charge is 2.45. The molecule has 2 fully saturated rings. The van der Waals surface area contributed by atoms with E-state index in [9.17, 15) is 14.7 Å². The number of nitrogens with zero attached hydrogens (tertiary/aromatic N) is 1. The van der Waals surface area contributed by atoms with Crippen molar-refractivity contribution in [3.63, 3.8) is 0 Å². The zero-order chi connectivity index (χ0) is 16.4. The molecule has 124 valence electrons. The lowest BCUT2D eigenvalue weighted by Crippen LogP contribution is -2.46. The summed E-state index contributed by atoms with van der Waals surface area (Å²) in [6.07, 6.45) is 4.99. The molecule has 3 unspecified atom stereocenters. The summed E-state index contributed by atoms with van der Waals surface area (Å²) in [4.78, 5) is 25.8. The highest BCUT2D eigenvalue weighted by Crippen LogP contribution is 2.39. The minimum atomic E-state index is -0.824. The van der Waals surface area contributed by atoms with Crippen molar-refractivity contribution in [1.82, 2.24) is 4.90 Å². The fourth-order valence-electron chi connectivity index (χ4n) is 3.96. The molecule has 1 aromatic carbocycles. The van der Waals surface area contributed by atoms with Gasteiger partial charge in [-0.05, 0) is 43.4 Å². The second kappa shape index (κ2) is 6.89. The molecule has 1 saturated heterocycles. The fraction of sp³-hybridized carbons (Fsp3) is 0.529. The van der Waals surface area contributed by atoms with Crippen LogP contribution in [0.15, 0.2) is 24.3 Å². The zero-order valence-electron chi connectivity index (χ0n) is 12.9. The van der Waals surface area contributed by atoms with Gasteiger partial charge in [-0.2, -0.15) is 0 Å². The molecule has 3 atom stereocenters. The molecule has 2 N–H and O–H groups in total. The number of halogens is 1. The number of rotatable bonds is 4. The lowest BCUT2D eigenvalue weighted by Gasteiger charge is -2.32. The predicted octanol–water partition coefficient (Wildman–Crippen LogP) is 3.00. The van der Waals surface area contributed by atoms with Crippen LogP contribution in [0, 0.1) is 5.92 Å². The molecule has 1 aliphatic carbocycles. The van der Waals surface area contributed by atoms with Gasteiger partial charge in [0.15, 0.2) is 0 Å². The minimum Gasteiger partial charge on any atom is -0.480 e. The Bertz CT molecular complexity index is 607. The van der Waals surface area contributed by atoms with Gasteiger partial charge in [-0.1, -0.05) is 30.5 Å². The van der Waals surface area contributed by atoms with Crippen molar-refractivity contribution < 1.29 is 14.7 Å². The first-order chi connectivity index (χ1) is 11.0. The Morgan fingerprint density at radius 1 is 1.30 bits per heavy atom. The number of hydrogen-bond acceptors (Lipinski definition) is 3. The first kappa shape index (κ1) is 16.3. The summed E-state index contributed by atoms with van der Waals surface area (Å²) in [5, 5.41) is 12.8. The third-order valence-corrected chi connectivity index (χ3v) is 5.18. The number of anilines is 1. The number of likely N-dealkylation sites (tertiary alicyclic amines) is 1. The van der Waals surface area contributed by atoms with Crippen LogP contribution in [0.4, 0.5) is 5.69 Å². The molecule has 1 amide bonds. The van der Waals surface area contributed by atoms with Crippen LogP contribution in [0.1, 0.15) is 32.1 Å². The van der Waals surface area contributed by atoms with Gasteiger partial charge in [-0.25, -0.2) is 0 Å². The quantitative estimate of drug-likeness (QED) is 0.886. The third kappa shape index (κ3) is 3.67. The van der Waals surface area contributed by atoms with Crippen molar-refractivity contribution >= 4 is 29.2 Å². The number of nitrogens with one attached hydrogen (secondary N) is 1. The SMILES string of the molecule is O=C(CN1C(C(=O)O)CC2CCCCC21)Nc1cccc(Cl)c1. The number of carbonyl (C=O) groups excluding carboxylic acids is 1. The van der Waals surface area contributed by atoms with E-state index in [1.165, 1.54) is 0 Å². The Hall–Kier alpha value is -1.59. The number of fused-ring (bicyclic) bond motifs is 1. The standard InChI is InChI=1S/C17H21ClN2O3/c18-12-5-3-6-13(9-12)19-16(21)10-20-14-7-2-1-4-11(14)8-15(20)17(22)23/h3,5-6,9,11,14-15H,1-2,4,7-8,10H2,(H,19,21)(H,22,23). The van der Waals surface area contributed by atoms with Crippen LogP contribution in [0.5, 0.6) is 0 Å². The molecule has 23 heavy (non-hydrogen) atoms. The van der Waals surface area contributed by atoms with Crippen LogP contribution >= 0.6 is 11.6 Å². The molecule has 1 saturated carbocycles. The van der Waals surface area contributed by atoms with E-state index in [1.807, 2.05) is 4.90 Å². The monoisotopic (exact) mass is 336 g/mol. The van der Waals surface area contributed by atoms with Gasteiger partial charge in [0.2, 0.25) is 5.91 Å². The topological polar surface area (TPSA) is 69.6 Å². The summed E-state index contributed by atoms with van der Waals surface area (Å²) in [6, 6.07) is 6.63. The molecule has 1 heterocycles. The Morgan fingerprint density at radius 3 is 2.83 bits per heavy atom. The molecule has 0 spiro atoms. The normalized spacial score (nSPS) is 27.4. The summed E-state index contributed by atoms with van der Waals surface area (Å²) in [5.74, 6) is -0.608. The number of carboxylic acids is 1. The van der Waals surface area contributed by atoms with Crippen LogP contribution in [0.2, 0.25) is 5.02 Å². The van der Waals surface area contributed by atoms with Gasteiger partial charge in [-0.3, -0.25) is 14.5 Å². The van der Waals surface area contributed by atoms with Crippen LogP contribution in [-0.4, -0.2) is 40.5 Å². The van der Waals surface area contributed by atoms with Crippen molar-refractivity contribution in [2.24, 2.45) is 5.92 Å². The number of aliphatic carboxylic acids is 1. The van der Waals surface area contributed by atoms with E-state index >= 15 is 0 Å². The third-order valence-electron chi connectivity index (χ3n) is 4.94. The van der Waals surface area contributed by atoms with Gasteiger partial charge in [0.05, 0.1) is 6.54 Å². The summed E-state index contributed by atoms with van der Waals surface area (Å²) in [5.41, 5.74) is 0.633. The number of amides is 1. The fourth-order valence-corrected chi connectivity index (χ4v) is 4.15. The number of hydrogen-bond donors (Lipinski definition) is 2. The van der Waals surface area contributed by atoms with E-state index in [2.05, 4.69) is 5.32 Å². The highest BCUT2D eigenvalue weighted by atomic mass is 35.5. The van der Waals surface area contributed by atoms with Gasteiger partial charge in [-0.15, -0.1) is 0 Å². The Morgan fingerprint density at radius 2 is 2.09 bits per heavy atom. The maximum atomic E-state index is 12.3. The first-order valence-electron chi connectivity index (χ1n) is 8.08. The molecular formula is C17H21ClN2O3. The second-order valence-electron chi connectivity index (χ2n) is 6.43. The zero-order valence-corrected chi connectivity index (χ0v) is 13.6. The Labute approximate surface area is 140 Å². The van der Waals surface area contributed by atoms with Crippen LogP contribution < -0.4 is 5.32 Å². The van der Waals surface area contributed by atoms with Crippen LogP contribution in [0.25, 0.3) is 0 Å². The molecule has 0 bridgehead atoms. The largest absolute Gasteiger partial charge is 0.480 e. The smallest absolute Gasteiger partial charge is 0.320 e. The summed E-state index contributed by atoms with van der Waals surface area (Å²) in [7, 11) is 0. The van der Waals surface area contributed by atoms with Gasteiger partial charge >= 0.3 is 5.97 Å². The molecular weight excluding hydrogens is 316 g/mol. The lowest BCUT2D eigenvalue weighted by molar-refractivity contribution is -0.143. The highest BCUT2D eigenvalue weighted by molar-refractivity contribution is 6.30. The van der Waals surface area contributed by atoms with E-state index in [0.29, 0.717) is 23.0 Å².